The van der Waals surface area contributed by atoms with E-state index in [0.717, 1.165) is 26.0 Å². The van der Waals surface area contributed by atoms with E-state index in [9.17, 15) is 18.0 Å². The summed E-state index contributed by atoms with van der Waals surface area (Å²) in [6.45, 7) is 11.3. The third-order valence-corrected chi connectivity index (χ3v) is 3.71. The quantitative estimate of drug-likeness (QED) is 0.470. The van der Waals surface area contributed by atoms with E-state index in [0.29, 0.717) is 11.6 Å². The topological polar surface area (TPSA) is 38.3 Å². The first kappa shape index (κ1) is 24.0. The molecule has 1 aromatic rings. The van der Waals surface area contributed by atoms with Crippen molar-refractivity contribution in [2.75, 3.05) is 12.4 Å². The third-order valence-electron chi connectivity index (χ3n) is 3.71. The molecule has 1 aromatic carbocycles. The van der Waals surface area contributed by atoms with Gasteiger partial charge in [-0.05, 0) is 36.8 Å². The number of halogens is 3. The average molecular weight is 373 g/mol. The maximum Gasteiger partial charge on any atom is 0.449 e. The zero-order chi connectivity index (χ0) is 20.5. The molecule has 1 N–H and O–H groups in total. The third kappa shape index (κ3) is 7.10. The first-order chi connectivity index (χ1) is 12.1. The molecule has 6 heteroatoms. The number of para-hydroxylation sites is 1. The molecule has 0 bridgehead atoms. The first-order valence-corrected chi connectivity index (χ1v) is 8.80. The summed E-state index contributed by atoms with van der Waals surface area (Å²) in [5, 5.41) is 2.57. The summed E-state index contributed by atoms with van der Waals surface area (Å²) in [7, 11) is 0.901. The van der Waals surface area contributed by atoms with Crippen LogP contribution in [0.15, 0.2) is 35.6 Å². The number of nitrogens with one attached hydrogen (secondary N) is 1. The molecule has 0 radical (unpaired) electrons. The largest absolute Gasteiger partial charge is 0.492 e. The Balaban J connectivity index is 0.00000301. The lowest BCUT2D eigenvalue weighted by molar-refractivity contribution is -0.130. The number of hydrogen-bond donors (Lipinski definition) is 1. The SMILES string of the molecule is CC.CO/C(=C(\C)C(=O)Nc1ccccc1C(C)CC(C)C)C(F)(F)F. The Hall–Kier alpha value is -1.98. The van der Waals surface area contributed by atoms with Gasteiger partial charge in [-0.3, -0.25) is 4.79 Å². The molecule has 0 saturated carbocycles. The van der Waals surface area contributed by atoms with E-state index >= 15 is 0 Å². The van der Waals surface area contributed by atoms with Gasteiger partial charge in [0.15, 0.2) is 0 Å². The van der Waals surface area contributed by atoms with Crippen LogP contribution >= 0.6 is 0 Å². The van der Waals surface area contributed by atoms with Crippen molar-refractivity contribution in [1.29, 1.82) is 0 Å². The number of hydrogen-bond acceptors (Lipinski definition) is 2. The summed E-state index contributed by atoms with van der Waals surface area (Å²) in [6.07, 6.45) is -3.80. The highest BCUT2D eigenvalue weighted by Gasteiger charge is 2.38. The molecule has 1 unspecified atom stereocenters. The van der Waals surface area contributed by atoms with Gasteiger partial charge in [0.25, 0.3) is 5.91 Å². The van der Waals surface area contributed by atoms with Crippen LogP contribution < -0.4 is 5.32 Å². The number of ether oxygens (including phenoxy) is 1. The van der Waals surface area contributed by atoms with Gasteiger partial charge in [-0.25, -0.2) is 0 Å². The van der Waals surface area contributed by atoms with Crippen LogP contribution in [0.3, 0.4) is 0 Å². The second-order valence-electron chi connectivity index (χ2n) is 6.23. The zero-order valence-corrected chi connectivity index (χ0v) is 16.6. The lowest BCUT2D eigenvalue weighted by atomic mass is 9.91. The number of methoxy groups -OCH3 is 1. The highest BCUT2D eigenvalue weighted by molar-refractivity contribution is 6.04. The van der Waals surface area contributed by atoms with E-state index in [4.69, 9.17) is 0 Å². The smallest absolute Gasteiger partial charge is 0.449 e. The minimum absolute atomic E-state index is 0.176. The van der Waals surface area contributed by atoms with Crippen molar-refractivity contribution in [2.45, 2.75) is 60.1 Å². The molecule has 0 spiro atoms. The number of rotatable bonds is 6. The summed E-state index contributed by atoms with van der Waals surface area (Å²) < 4.78 is 42.9. The molecule has 26 heavy (non-hydrogen) atoms. The molecule has 1 rings (SSSR count). The van der Waals surface area contributed by atoms with Crippen LogP contribution in [0.2, 0.25) is 0 Å². The van der Waals surface area contributed by atoms with E-state index < -0.39 is 23.4 Å². The van der Waals surface area contributed by atoms with Gasteiger partial charge in [0.1, 0.15) is 0 Å². The van der Waals surface area contributed by atoms with Crippen molar-refractivity contribution < 1.29 is 22.7 Å². The predicted molar refractivity (Wildman–Crippen MR) is 100 cm³/mol. The molecule has 0 aliphatic heterocycles. The van der Waals surface area contributed by atoms with E-state index in [2.05, 4.69) is 23.9 Å². The van der Waals surface area contributed by atoms with Gasteiger partial charge in [-0.1, -0.05) is 52.8 Å². The van der Waals surface area contributed by atoms with E-state index in [1.165, 1.54) is 0 Å². The van der Waals surface area contributed by atoms with Crippen LogP contribution in [0, 0.1) is 5.92 Å². The second-order valence-corrected chi connectivity index (χ2v) is 6.23. The van der Waals surface area contributed by atoms with Gasteiger partial charge in [0, 0.05) is 5.69 Å². The number of amides is 1. The molecule has 0 aromatic heterocycles. The van der Waals surface area contributed by atoms with Crippen molar-refractivity contribution in [2.24, 2.45) is 5.92 Å². The molecule has 0 saturated heterocycles. The number of anilines is 1. The molecule has 0 aliphatic carbocycles. The Morgan fingerprint density at radius 1 is 1.15 bits per heavy atom. The first-order valence-electron chi connectivity index (χ1n) is 8.80. The van der Waals surface area contributed by atoms with Gasteiger partial charge in [0.05, 0.1) is 12.7 Å². The number of allylic oxidation sites excluding steroid dienone is 1. The van der Waals surface area contributed by atoms with Crippen molar-refractivity contribution >= 4 is 11.6 Å². The molecule has 1 amide bonds. The Kier molecular flexibility index (Phi) is 10.1. The maximum atomic E-state index is 12.9. The lowest BCUT2D eigenvalue weighted by Crippen LogP contribution is -2.22. The summed E-state index contributed by atoms with van der Waals surface area (Å²) in [6, 6.07) is 7.15. The number of carbonyl (C=O) groups is 1. The van der Waals surface area contributed by atoms with Crippen LogP contribution in [-0.4, -0.2) is 19.2 Å². The van der Waals surface area contributed by atoms with Gasteiger partial charge >= 0.3 is 6.18 Å². The molecule has 0 aliphatic rings. The predicted octanol–water partition coefficient (Wildman–Crippen LogP) is 6.28. The highest BCUT2D eigenvalue weighted by Crippen LogP contribution is 2.31. The van der Waals surface area contributed by atoms with Crippen LogP contribution in [0.5, 0.6) is 0 Å². The summed E-state index contributed by atoms with van der Waals surface area (Å²) in [5.74, 6) is -1.47. The van der Waals surface area contributed by atoms with Crippen LogP contribution in [0.1, 0.15) is 59.4 Å². The molecular formula is C20H30F3NO2. The van der Waals surface area contributed by atoms with Crippen molar-refractivity contribution in [3.05, 3.63) is 41.2 Å². The van der Waals surface area contributed by atoms with E-state index in [1.807, 2.05) is 32.9 Å². The van der Waals surface area contributed by atoms with Crippen molar-refractivity contribution in [3.8, 4) is 0 Å². The Bertz CT molecular complexity index is 607. The minimum atomic E-state index is -4.71. The Morgan fingerprint density at radius 3 is 2.15 bits per heavy atom. The van der Waals surface area contributed by atoms with E-state index in [-0.39, 0.29) is 5.92 Å². The van der Waals surface area contributed by atoms with Crippen LogP contribution in [0.4, 0.5) is 18.9 Å². The molecule has 0 fully saturated rings. The zero-order valence-electron chi connectivity index (χ0n) is 16.6. The lowest BCUT2D eigenvalue weighted by Gasteiger charge is -2.19. The fraction of sp³-hybridized carbons (Fsp3) is 0.550. The van der Waals surface area contributed by atoms with Gasteiger partial charge in [-0.2, -0.15) is 13.2 Å². The van der Waals surface area contributed by atoms with Crippen molar-refractivity contribution in [3.63, 3.8) is 0 Å². The minimum Gasteiger partial charge on any atom is -0.492 e. The normalized spacial score (nSPS) is 13.3. The van der Waals surface area contributed by atoms with Gasteiger partial charge in [-0.15, -0.1) is 0 Å². The van der Waals surface area contributed by atoms with Crippen LogP contribution in [0.25, 0.3) is 0 Å². The molecule has 1 atom stereocenters. The van der Waals surface area contributed by atoms with Gasteiger partial charge in [0.2, 0.25) is 5.76 Å². The summed E-state index contributed by atoms with van der Waals surface area (Å²) in [4.78, 5) is 12.2. The Labute approximate surface area is 154 Å². The molecule has 148 valence electrons. The Morgan fingerprint density at radius 2 is 1.69 bits per heavy atom. The monoisotopic (exact) mass is 373 g/mol. The van der Waals surface area contributed by atoms with Crippen molar-refractivity contribution in [1.82, 2.24) is 0 Å². The standard InChI is InChI=1S/C18H24F3NO2.C2H6/c1-11(2)10-12(3)14-8-6-7-9-15(14)22-17(23)13(4)16(24-5)18(19,20)21;1-2/h6-9,11-12H,10H2,1-5H3,(H,22,23);1-2H3/b16-13+;. The fourth-order valence-corrected chi connectivity index (χ4v) is 2.68. The second kappa shape index (κ2) is 10.9. The molecule has 3 nitrogen and oxygen atoms in total. The molecular weight excluding hydrogens is 343 g/mol. The maximum absolute atomic E-state index is 12.9. The van der Waals surface area contributed by atoms with Gasteiger partial charge < -0.3 is 10.1 Å². The number of alkyl halides is 3. The van der Waals surface area contributed by atoms with E-state index in [1.54, 1.807) is 12.1 Å². The molecule has 0 heterocycles. The highest BCUT2D eigenvalue weighted by atomic mass is 19.4. The number of benzene rings is 1. The summed E-state index contributed by atoms with van der Waals surface area (Å²) >= 11 is 0. The number of carbonyl (C=O) groups excluding carboxylic acids is 1. The summed E-state index contributed by atoms with van der Waals surface area (Å²) in [5.41, 5.74) is 0.919. The fourth-order valence-electron chi connectivity index (χ4n) is 2.68. The average Bonchev–Trinajstić information content (AvgIpc) is 2.55. The van der Waals surface area contributed by atoms with Crippen LogP contribution in [-0.2, 0) is 9.53 Å².